The van der Waals surface area contributed by atoms with E-state index in [1.165, 1.54) is 6.07 Å². The summed E-state index contributed by atoms with van der Waals surface area (Å²) in [6.07, 6.45) is 0. The molecule has 2 aromatic rings. The summed E-state index contributed by atoms with van der Waals surface area (Å²) in [6, 6.07) is 12.2. The van der Waals surface area contributed by atoms with Gasteiger partial charge in [-0.05, 0) is 29.8 Å². The highest BCUT2D eigenvalue weighted by Crippen LogP contribution is 2.22. The normalized spacial score (nSPS) is 10.2. The first-order chi connectivity index (χ1) is 9.08. The first-order valence-corrected chi connectivity index (χ1v) is 6.73. The average molecular weight is 340 g/mol. The van der Waals surface area contributed by atoms with Gasteiger partial charge in [-0.1, -0.05) is 46.3 Å². The van der Waals surface area contributed by atoms with Gasteiger partial charge in [-0.25, -0.2) is 4.39 Å². The average Bonchev–Trinajstić information content (AvgIpc) is 2.37. The lowest BCUT2D eigenvalue weighted by molar-refractivity contribution is 0.304. The van der Waals surface area contributed by atoms with Crippen molar-refractivity contribution in [3.05, 3.63) is 63.9 Å². The van der Waals surface area contributed by atoms with Crippen LogP contribution in [0.4, 0.5) is 4.39 Å². The summed E-state index contributed by atoms with van der Waals surface area (Å²) in [6.45, 7) is 0.326. The standard InChI is InChI=1S/C14H11BrFNOS/c15-10-6-4-9(5-7-10)8-18-12-3-1-2-11(16)13(12)14(17)19/h1-7H,8H2,(H2,17,19). The van der Waals surface area contributed by atoms with Crippen molar-refractivity contribution in [2.24, 2.45) is 5.73 Å². The number of hydrogen-bond acceptors (Lipinski definition) is 2. The predicted molar refractivity (Wildman–Crippen MR) is 80.8 cm³/mol. The molecule has 2 nitrogen and oxygen atoms in total. The molecule has 0 aliphatic carbocycles. The molecular weight excluding hydrogens is 329 g/mol. The van der Waals surface area contributed by atoms with Crippen molar-refractivity contribution in [2.75, 3.05) is 0 Å². The van der Waals surface area contributed by atoms with E-state index in [1.54, 1.807) is 12.1 Å². The first-order valence-electron chi connectivity index (χ1n) is 5.53. The fraction of sp³-hybridized carbons (Fsp3) is 0.0714. The molecule has 0 radical (unpaired) electrons. The van der Waals surface area contributed by atoms with Crippen LogP contribution in [-0.4, -0.2) is 4.99 Å². The maximum Gasteiger partial charge on any atom is 0.137 e. The highest BCUT2D eigenvalue weighted by atomic mass is 79.9. The molecule has 0 aliphatic heterocycles. The molecule has 19 heavy (non-hydrogen) atoms. The van der Waals surface area contributed by atoms with Crippen molar-refractivity contribution in [3.8, 4) is 5.75 Å². The number of nitrogens with two attached hydrogens (primary N) is 1. The number of hydrogen-bond donors (Lipinski definition) is 1. The monoisotopic (exact) mass is 339 g/mol. The molecule has 0 amide bonds. The van der Waals surface area contributed by atoms with E-state index in [0.29, 0.717) is 12.4 Å². The van der Waals surface area contributed by atoms with Crippen LogP contribution in [0.1, 0.15) is 11.1 Å². The van der Waals surface area contributed by atoms with Crippen molar-refractivity contribution in [1.82, 2.24) is 0 Å². The van der Waals surface area contributed by atoms with Crippen molar-refractivity contribution in [2.45, 2.75) is 6.61 Å². The zero-order valence-electron chi connectivity index (χ0n) is 9.90. The zero-order valence-corrected chi connectivity index (χ0v) is 12.3. The van der Waals surface area contributed by atoms with Crippen LogP contribution in [0.5, 0.6) is 5.75 Å². The smallest absolute Gasteiger partial charge is 0.137 e. The summed E-state index contributed by atoms with van der Waals surface area (Å²) in [7, 11) is 0. The second kappa shape index (κ2) is 6.12. The number of halogens is 2. The SMILES string of the molecule is NC(=S)c1c(F)cccc1OCc1ccc(Br)cc1. The lowest BCUT2D eigenvalue weighted by atomic mass is 10.2. The molecule has 0 aromatic heterocycles. The summed E-state index contributed by atoms with van der Waals surface area (Å²) in [5, 5.41) is 0. The van der Waals surface area contributed by atoms with Crippen molar-refractivity contribution < 1.29 is 9.13 Å². The molecule has 2 rings (SSSR count). The Morgan fingerprint density at radius 1 is 1.21 bits per heavy atom. The molecule has 5 heteroatoms. The Morgan fingerprint density at radius 3 is 2.53 bits per heavy atom. The van der Waals surface area contributed by atoms with E-state index in [4.69, 9.17) is 22.7 Å². The van der Waals surface area contributed by atoms with Crippen LogP contribution in [0, 0.1) is 5.82 Å². The second-order valence-corrected chi connectivity index (χ2v) is 5.25. The van der Waals surface area contributed by atoms with Gasteiger partial charge < -0.3 is 10.5 Å². The summed E-state index contributed by atoms with van der Waals surface area (Å²) >= 11 is 8.19. The number of benzene rings is 2. The van der Waals surface area contributed by atoms with E-state index < -0.39 is 5.82 Å². The van der Waals surface area contributed by atoms with Crippen molar-refractivity contribution in [3.63, 3.8) is 0 Å². The van der Waals surface area contributed by atoms with Crippen LogP contribution in [0.15, 0.2) is 46.9 Å². The molecule has 0 unspecified atom stereocenters. The highest BCUT2D eigenvalue weighted by molar-refractivity contribution is 9.10. The molecule has 2 N–H and O–H groups in total. The van der Waals surface area contributed by atoms with Gasteiger partial charge in [0.2, 0.25) is 0 Å². The maximum atomic E-state index is 13.6. The fourth-order valence-electron chi connectivity index (χ4n) is 1.61. The van der Waals surface area contributed by atoms with Gasteiger partial charge in [0.25, 0.3) is 0 Å². The molecule has 2 aromatic carbocycles. The van der Waals surface area contributed by atoms with E-state index >= 15 is 0 Å². The Kier molecular flexibility index (Phi) is 4.50. The Bertz CT molecular complexity index is 601. The molecule has 0 atom stereocenters. The minimum Gasteiger partial charge on any atom is -0.488 e. The molecule has 0 aliphatic rings. The van der Waals surface area contributed by atoms with E-state index in [1.807, 2.05) is 24.3 Å². The van der Waals surface area contributed by atoms with Gasteiger partial charge in [0, 0.05) is 4.47 Å². The number of rotatable bonds is 4. The topological polar surface area (TPSA) is 35.2 Å². The van der Waals surface area contributed by atoms with Crippen LogP contribution in [0.2, 0.25) is 0 Å². The van der Waals surface area contributed by atoms with Gasteiger partial charge in [-0.15, -0.1) is 0 Å². The van der Waals surface area contributed by atoms with Gasteiger partial charge in [-0.2, -0.15) is 0 Å². The van der Waals surface area contributed by atoms with Gasteiger partial charge in [0.1, 0.15) is 23.2 Å². The summed E-state index contributed by atoms with van der Waals surface area (Å²) in [5.74, 6) is -0.115. The first kappa shape index (κ1) is 14.0. The molecule has 98 valence electrons. The maximum absolute atomic E-state index is 13.6. The van der Waals surface area contributed by atoms with E-state index in [9.17, 15) is 4.39 Å². The molecule has 0 saturated heterocycles. The van der Waals surface area contributed by atoms with Crippen LogP contribution >= 0.6 is 28.1 Å². The third-order valence-corrected chi connectivity index (χ3v) is 3.26. The summed E-state index contributed by atoms with van der Waals surface area (Å²) < 4.78 is 20.2. The Labute approximate surface area is 124 Å². The van der Waals surface area contributed by atoms with E-state index in [-0.39, 0.29) is 10.6 Å². The molecule has 0 spiro atoms. The summed E-state index contributed by atoms with van der Waals surface area (Å²) in [5.41, 5.74) is 6.63. The molecule has 0 bridgehead atoms. The van der Waals surface area contributed by atoms with Crippen molar-refractivity contribution >= 4 is 33.1 Å². The quantitative estimate of drug-likeness (QED) is 0.860. The minimum absolute atomic E-state index is 0.0103. The third-order valence-electron chi connectivity index (χ3n) is 2.53. The lowest BCUT2D eigenvalue weighted by Gasteiger charge is -2.11. The number of ether oxygens (including phenoxy) is 1. The lowest BCUT2D eigenvalue weighted by Crippen LogP contribution is -2.14. The number of thiocarbonyl (C=S) groups is 1. The van der Waals surface area contributed by atoms with Gasteiger partial charge in [0.05, 0.1) is 5.56 Å². The van der Waals surface area contributed by atoms with Gasteiger partial charge >= 0.3 is 0 Å². The largest absolute Gasteiger partial charge is 0.488 e. The predicted octanol–water partition coefficient (Wildman–Crippen LogP) is 3.80. The molecule has 0 heterocycles. The zero-order chi connectivity index (χ0) is 13.8. The van der Waals surface area contributed by atoms with Crippen LogP contribution in [-0.2, 0) is 6.61 Å². The Morgan fingerprint density at radius 2 is 1.89 bits per heavy atom. The second-order valence-electron chi connectivity index (χ2n) is 3.89. The van der Waals surface area contributed by atoms with Crippen LogP contribution in [0.25, 0.3) is 0 Å². The van der Waals surface area contributed by atoms with E-state index in [0.717, 1.165) is 10.0 Å². The molecule has 0 saturated carbocycles. The fourth-order valence-corrected chi connectivity index (χ4v) is 2.07. The van der Waals surface area contributed by atoms with Crippen LogP contribution < -0.4 is 10.5 Å². The molecular formula is C14H11BrFNOS. The highest BCUT2D eigenvalue weighted by Gasteiger charge is 2.12. The van der Waals surface area contributed by atoms with Crippen LogP contribution in [0.3, 0.4) is 0 Å². The van der Waals surface area contributed by atoms with E-state index in [2.05, 4.69) is 15.9 Å². The molecule has 0 fully saturated rings. The minimum atomic E-state index is -0.471. The van der Waals surface area contributed by atoms with Crippen molar-refractivity contribution in [1.29, 1.82) is 0 Å². The summed E-state index contributed by atoms with van der Waals surface area (Å²) in [4.78, 5) is -0.0103. The van der Waals surface area contributed by atoms with Gasteiger partial charge in [0.15, 0.2) is 0 Å². The van der Waals surface area contributed by atoms with Gasteiger partial charge in [-0.3, -0.25) is 0 Å². The third kappa shape index (κ3) is 3.52. The Balaban J connectivity index is 2.18. The Hall–Kier alpha value is -1.46.